The standard InChI is InChI=1S/C19H24N2O5S/c1-13-9-17(5-6-18(13)25-4)27(23,24)21-8-7-15(12-21)26-16-10-14(2)20(3)19(22)11-16/h5-6,9-11,15H,7-8,12H2,1-4H3/t15-/m1/s1. The van der Waals surface area contributed by atoms with Crippen LogP contribution in [0.4, 0.5) is 0 Å². The minimum atomic E-state index is -3.60. The Kier molecular flexibility index (Phi) is 5.30. The van der Waals surface area contributed by atoms with Crippen molar-refractivity contribution in [2.75, 3.05) is 20.2 Å². The number of methoxy groups -OCH3 is 1. The van der Waals surface area contributed by atoms with Gasteiger partial charge in [0.05, 0.1) is 18.6 Å². The molecule has 0 radical (unpaired) electrons. The van der Waals surface area contributed by atoms with E-state index in [1.54, 1.807) is 38.4 Å². The van der Waals surface area contributed by atoms with Gasteiger partial charge in [0.1, 0.15) is 17.6 Å². The third-order valence-electron chi connectivity index (χ3n) is 4.89. The molecule has 27 heavy (non-hydrogen) atoms. The van der Waals surface area contributed by atoms with Crippen LogP contribution >= 0.6 is 0 Å². The lowest BCUT2D eigenvalue weighted by molar-refractivity contribution is 0.214. The average molecular weight is 392 g/mol. The van der Waals surface area contributed by atoms with Gasteiger partial charge >= 0.3 is 0 Å². The number of rotatable bonds is 5. The van der Waals surface area contributed by atoms with E-state index in [0.717, 1.165) is 11.3 Å². The van der Waals surface area contributed by atoms with Crippen molar-refractivity contribution < 1.29 is 17.9 Å². The van der Waals surface area contributed by atoms with Crippen LogP contribution < -0.4 is 15.0 Å². The summed E-state index contributed by atoms with van der Waals surface area (Å²) < 4.78 is 39.8. The zero-order chi connectivity index (χ0) is 19.8. The van der Waals surface area contributed by atoms with Crippen LogP contribution in [0.2, 0.25) is 0 Å². The summed E-state index contributed by atoms with van der Waals surface area (Å²) in [4.78, 5) is 12.1. The maximum atomic E-state index is 12.9. The fraction of sp³-hybridized carbons (Fsp3) is 0.421. The second-order valence-corrected chi connectivity index (χ2v) is 8.69. The predicted octanol–water partition coefficient (Wildman–Crippen LogP) is 1.85. The summed E-state index contributed by atoms with van der Waals surface area (Å²) in [6.07, 6.45) is 0.286. The van der Waals surface area contributed by atoms with Gasteiger partial charge in [0.2, 0.25) is 10.0 Å². The first-order valence-corrected chi connectivity index (χ1v) is 10.2. The summed E-state index contributed by atoms with van der Waals surface area (Å²) in [5.74, 6) is 1.12. The summed E-state index contributed by atoms with van der Waals surface area (Å²) in [5, 5.41) is 0. The SMILES string of the molecule is COc1ccc(S(=O)(=O)N2CC[C@@H](Oc3cc(C)n(C)c(=O)c3)C2)cc1C. The van der Waals surface area contributed by atoms with Crippen molar-refractivity contribution in [3.05, 3.63) is 51.9 Å². The predicted molar refractivity (Wildman–Crippen MR) is 102 cm³/mol. The molecule has 0 spiro atoms. The van der Waals surface area contributed by atoms with Crippen LogP contribution in [0.15, 0.2) is 40.0 Å². The number of pyridine rings is 1. The van der Waals surface area contributed by atoms with E-state index in [4.69, 9.17) is 9.47 Å². The smallest absolute Gasteiger partial charge is 0.254 e. The molecule has 1 aromatic heterocycles. The minimum Gasteiger partial charge on any atom is -0.496 e. The summed E-state index contributed by atoms with van der Waals surface area (Å²) in [7, 11) is -0.353. The normalized spacial score (nSPS) is 17.9. The van der Waals surface area contributed by atoms with Crippen molar-refractivity contribution in [2.24, 2.45) is 7.05 Å². The number of benzene rings is 1. The van der Waals surface area contributed by atoms with Crippen molar-refractivity contribution in [3.8, 4) is 11.5 Å². The molecule has 1 aromatic carbocycles. The van der Waals surface area contributed by atoms with Crippen LogP contribution in [-0.4, -0.2) is 43.6 Å². The van der Waals surface area contributed by atoms with Crippen LogP contribution in [0.1, 0.15) is 17.7 Å². The Morgan fingerprint density at radius 1 is 1.15 bits per heavy atom. The van der Waals surface area contributed by atoms with Gasteiger partial charge in [0.15, 0.2) is 0 Å². The molecule has 3 rings (SSSR count). The molecule has 0 N–H and O–H groups in total. The minimum absolute atomic E-state index is 0.152. The molecular formula is C19H24N2O5S. The van der Waals surface area contributed by atoms with Crippen LogP contribution in [0.5, 0.6) is 11.5 Å². The number of hydrogen-bond acceptors (Lipinski definition) is 5. The zero-order valence-corrected chi connectivity index (χ0v) is 16.7. The van der Waals surface area contributed by atoms with Crippen molar-refractivity contribution in [3.63, 3.8) is 0 Å². The fourth-order valence-electron chi connectivity index (χ4n) is 3.17. The van der Waals surface area contributed by atoms with Gasteiger partial charge in [-0.15, -0.1) is 0 Å². The molecule has 0 unspecified atom stereocenters. The van der Waals surface area contributed by atoms with Gasteiger partial charge in [-0.25, -0.2) is 8.42 Å². The Balaban J connectivity index is 1.75. The first-order chi connectivity index (χ1) is 12.7. The molecule has 8 heteroatoms. The van der Waals surface area contributed by atoms with Gasteiger partial charge < -0.3 is 14.0 Å². The van der Waals surface area contributed by atoms with Crippen molar-refractivity contribution >= 4 is 10.0 Å². The Bertz CT molecular complexity index is 1010. The van der Waals surface area contributed by atoms with Gasteiger partial charge in [-0.2, -0.15) is 4.31 Å². The highest BCUT2D eigenvalue weighted by atomic mass is 32.2. The van der Waals surface area contributed by atoms with E-state index in [1.165, 1.54) is 14.9 Å². The maximum absolute atomic E-state index is 12.9. The van der Waals surface area contributed by atoms with E-state index >= 15 is 0 Å². The van der Waals surface area contributed by atoms with Crippen LogP contribution in [0.25, 0.3) is 0 Å². The third-order valence-corrected chi connectivity index (χ3v) is 6.75. The fourth-order valence-corrected chi connectivity index (χ4v) is 4.74. The van der Waals surface area contributed by atoms with E-state index < -0.39 is 10.0 Å². The molecule has 1 aliphatic rings. The Morgan fingerprint density at radius 3 is 2.52 bits per heavy atom. The third kappa shape index (κ3) is 3.86. The van der Waals surface area contributed by atoms with Crippen LogP contribution in [-0.2, 0) is 17.1 Å². The molecule has 146 valence electrons. The van der Waals surface area contributed by atoms with Crippen molar-refractivity contribution in [1.82, 2.24) is 8.87 Å². The molecule has 2 heterocycles. The topological polar surface area (TPSA) is 77.8 Å². The first kappa shape index (κ1) is 19.4. The molecule has 0 bridgehead atoms. The van der Waals surface area contributed by atoms with Gasteiger partial charge in [0.25, 0.3) is 5.56 Å². The van der Waals surface area contributed by atoms with Crippen LogP contribution in [0.3, 0.4) is 0 Å². The first-order valence-electron chi connectivity index (χ1n) is 8.71. The number of ether oxygens (including phenoxy) is 2. The van der Waals surface area contributed by atoms with Gasteiger partial charge in [-0.1, -0.05) is 0 Å². The molecule has 0 saturated carbocycles. The van der Waals surface area contributed by atoms with Crippen LogP contribution in [0, 0.1) is 13.8 Å². The zero-order valence-electron chi connectivity index (χ0n) is 15.9. The summed E-state index contributed by atoms with van der Waals surface area (Å²) >= 11 is 0. The molecule has 1 saturated heterocycles. The van der Waals surface area contributed by atoms with E-state index in [2.05, 4.69) is 0 Å². The summed E-state index contributed by atoms with van der Waals surface area (Å²) in [6.45, 7) is 4.27. The second-order valence-electron chi connectivity index (χ2n) is 6.75. The van der Waals surface area contributed by atoms with Crippen molar-refractivity contribution in [2.45, 2.75) is 31.3 Å². The van der Waals surface area contributed by atoms with E-state index in [-0.39, 0.29) is 23.1 Å². The molecule has 0 amide bonds. The number of sulfonamides is 1. The molecular weight excluding hydrogens is 368 g/mol. The molecule has 0 aliphatic carbocycles. The van der Waals surface area contributed by atoms with Gasteiger partial charge in [-0.3, -0.25) is 4.79 Å². The van der Waals surface area contributed by atoms with Crippen molar-refractivity contribution in [1.29, 1.82) is 0 Å². The van der Waals surface area contributed by atoms with Gasteiger partial charge in [-0.05, 0) is 50.1 Å². The van der Waals surface area contributed by atoms with E-state index in [0.29, 0.717) is 24.5 Å². The van der Waals surface area contributed by atoms with Gasteiger partial charge in [0, 0.05) is 25.4 Å². The number of aryl methyl sites for hydroxylation is 2. The Hall–Kier alpha value is -2.32. The number of aromatic nitrogens is 1. The number of hydrogen-bond donors (Lipinski definition) is 0. The lowest BCUT2D eigenvalue weighted by Gasteiger charge is -2.18. The highest BCUT2D eigenvalue weighted by Crippen LogP contribution is 2.27. The second kappa shape index (κ2) is 7.36. The molecule has 1 atom stereocenters. The highest BCUT2D eigenvalue weighted by molar-refractivity contribution is 7.89. The Morgan fingerprint density at radius 2 is 1.89 bits per heavy atom. The average Bonchev–Trinajstić information content (AvgIpc) is 3.08. The Labute approximate surface area is 159 Å². The summed E-state index contributed by atoms with van der Waals surface area (Å²) in [5.41, 5.74) is 1.40. The highest BCUT2D eigenvalue weighted by Gasteiger charge is 2.34. The molecule has 7 nitrogen and oxygen atoms in total. The largest absolute Gasteiger partial charge is 0.496 e. The number of nitrogens with zero attached hydrogens (tertiary/aromatic N) is 2. The molecule has 1 fully saturated rings. The maximum Gasteiger partial charge on any atom is 0.254 e. The molecule has 2 aromatic rings. The van der Waals surface area contributed by atoms with E-state index in [9.17, 15) is 13.2 Å². The molecule has 1 aliphatic heterocycles. The summed E-state index contributed by atoms with van der Waals surface area (Å²) in [6, 6.07) is 8.05. The monoisotopic (exact) mass is 392 g/mol. The quantitative estimate of drug-likeness (QED) is 0.776. The lowest BCUT2D eigenvalue weighted by Crippen LogP contribution is -2.31. The lowest BCUT2D eigenvalue weighted by atomic mass is 10.2. The van der Waals surface area contributed by atoms with E-state index in [1.807, 2.05) is 13.8 Å².